The number of rotatable bonds is 4. The Hall–Kier alpha value is -2.40. The van der Waals surface area contributed by atoms with Crippen molar-refractivity contribution in [1.82, 2.24) is 20.2 Å². The van der Waals surface area contributed by atoms with E-state index in [1.165, 1.54) is 0 Å². The molecule has 0 fully saturated rings. The van der Waals surface area contributed by atoms with Crippen LogP contribution in [0.5, 0.6) is 5.75 Å². The van der Waals surface area contributed by atoms with Crippen LogP contribution in [0.2, 0.25) is 5.02 Å². The molecule has 0 aliphatic heterocycles. The molecule has 5 nitrogen and oxygen atoms in total. The van der Waals surface area contributed by atoms with Gasteiger partial charge in [0, 0.05) is 23.0 Å². The lowest BCUT2D eigenvalue weighted by atomic mass is 10.2. The molecule has 0 unspecified atom stereocenters. The van der Waals surface area contributed by atoms with Crippen LogP contribution in [-0.2, 0) is 6.61 Å². The van der Waals surface area contributed by atoms with Crippen molar-refractivity contribution in [1.29, 1.82) is 0 Å². The van der Waals surface area contributed by atoms with Crippen LogP contribution in [0, 0.1) is 0 Å². The van der Waals surface area contributed by atoms with Gasteiger partial charge in [-0.3, -0.25) is 10.1 Å². The van der Waals surface area contributed by atoms with Crippen LogP contribution in [-0.4, -0.2) is 20.2 Å². The Bertz CT molecular complexity index is 682. The molecule has 20 heavy (non-hydrogen) atoms. The Morgan fingerprint density at radius 3 is 2.55 bits per heavy atom. The first kappa shape index (κ1) is 12.6. The van der Waals surface area contributed by atoms with E-state index in [9.17, 15) is 0 Å². The molecule has 0 spiro atoms. The number of nitrogens with one attached hydrogen (secondary N) is 1. The van der Waals surface area contributed by atoms with Crippen molar-refractivity contribution < 1.29 is 4.74 Å². The number of aromatic nitrogens is 4. The summed E-state index contributed by atoms with van der Waals surface area (Å²) in [5.74, 6) is 2.02. The van der Waals surface area contributed by atoms with Crippen LogP contribution < -0.4 is 4.74 Å². The van der Waals surface area contributed by atoms with E-state index in [0.29, 0.717) is 23.3 Å². The number of pyridine rings is 1. The third kappa shape index (κ3) is 2.95. The van der Waals surface area contributed by atoms with Crippen LogP contribution >= 0.6 is 11.6 Å². The molecule has 1 N–H and O–H groups in total. The van der Waals surface area contributed by atoms with E-state index in [4.69, 9.17) is 16.3 Å². The Labute approximate surface area is 120 Å². The van der Waals surface area contributed by atoms with Gasteiger partial charge >= 0.3 is 0 Å². The summed E-state index contributed by atoms with van der Waals surface area (Å²) in [5, 5.41) is 7.68. The molecule has 0 saturated carbocycles. The van der Waals surface area contributed by atoms with Gasteiger partial charge in [-0.15, -0.1) is 0 Å². The molecule has 0 atom stereocenters. The minimum Gasteiger partial charge on any atom is -0.486 e. The Kier molecular flexibility index (Phi) is 3.60. The van der Waals surface area contributed by atoms with Gasteiger partial charge in [-0.2, -0.15) is 5.10 Å². The van der Waals surface area contributed by atoms with E-state index in [0.717, 1.165) is 11.3 Å². The summed E-state index contributed by atoms with van der Waals surface area (Å²) >= 11 is 5.81. The van der Waals surface area contributed by atoms with Crippen LogP contribution in [0.1, 0.15) is 5.82 Å². The van der Waals surface area contributed by atoms with E-state index >= 15 is 0 Å². The number of benzene rings is 1. The minimum atomic E-state index is 0.319. The number of aromatic amines is 1. The van der Waals surface area contributed by atoms with Gasteiger partial charge in [0.25, 0.3) is 0 Å². The first-order chi connectivity index (χ1) is 9.81. The summed E-state index contributed by atoms with van der Waals surface area (Å²) < 4.78 is 5.59. The third-order valence-electron chi connectivity index (χ3n) is 2.66. The molecule has 6 heteroatoms. The average molecular weight is 287 g/mol. The summed E-state index contributed by atoms with van der Waals surface area (Å²) in [7, 11) is 0. The van der Waals surface area contributed by atoms with Gasteiger partial charge in [-0.1, -0.05) is 11.6 Å². The van der Waals surface area contributed by atoms with E-state index in [1.54, 1.807) is 24.5 Å². The fraction of sp³-hybridized carbons (Fsp3) is 0.0714. The first-order valence-electron chi connectivity index (χ1n) is 6.01. The minimum absolute atomic E-state index is 0.319. The van der Waals surface area contributed by atoms with Gasteiger partial charge in [0.2, 0.25) is 0 Å². The highest BCUT2D eigenvalue weighted by atomic mass is 35.5. The maximum atomic E-state index is 5.81. The normalized spacial score (nSPS) is 10.4. The molecular formula is C14H11ClN4O. The van der Waals surface area contributed by atoms with E-state index in [1.807, 2.05) is 24.3 Å². The number of halogens is 1. The van der Waals surface area contributed by atoms with Gasteiger partial charge in [0.05, 0.1) is 0 Å². The predicted molar refractivity (Wildman–Crippen MR) is 75.4 cm³/mol. The fourth-order valence-electron chi connectivity index (χ4n) is 1.67. The van der Waals surface area contributed by atoms with Crippen molar-refractivity contribution in [3.8, 4) is 17.1 Å². The Morgan fingerprint density at radius 2 is 1.80 bits per heavy atom. The zero-order valence-corrected chi connectivity index (χ0v) is 11.2. The number of ether oxygens (including phenoxy) is 1. The van der Waals surface area contributed by atoms with Crippen LogP contribution in [0.25, 0.3) is 11.4 Å². The van der Waals surface area contributed by atoms with E-state index < -0.39 is 0 Å². The molecule has 3 aromatic rings. The Balaban J connectivity index is 1.67. The maximum Gasteiger partial charge on any atom is 0.181 e. The highest BCUT2D eigenvalue weighted by Gasteiger charge is 2.06. The number of H-pyrrole nitrogens is 1. The van der Waals surface area contributed by atoms with Crippen LogP contribution in [0.3, 0.4) is 0 Å². The second-order valence-electron chi connectivity index (χ2n) is 4.08. The highest BCUT2D eigenvalue weighted by Crippen LogP contribution is 2.17. The molecule has 1 aromatic carbocycles. The summed E-state index contributed by atoms with van der Waals surface area (Å²) in [6.07, 6.45) is 3.41. The molecule has 0 radical (unpaired) electrons. The lowest BCUT2D eigenvalue weighted by Gasteiger charge is -2.03. The molecule has 3 rings (SSSR count). The molecule has 0 bridgehead atoms. The molecule has 0 amide bonds. The van der Waals surface area contributed by atoms with Crippen molar-refractivity contribution in [3.63, 3.8) is 0 Å². The smallest absolute Gasteiger partial charge is 0.181 e. The van der Waals surface area contributed by atoms with Crippen LogP contribution in [0.15, 0.2) is 48.8 Å². The maximum absolute atomic E-state index is 5.81. The second kappa shape index (κ2) is 5.71. The molecule has 2 heterocycles. The SMILES string of the molecule is Clc1ccc(OCc2nc(-c3ccncc3)n[nH]2)cc1. The second-order valence-corrected chi connectivity index (χ2v) is 4.52. The van der Waals surface area contributed by atoms with Gasteiger partial charge in [0.1, 0.15) is 12.4 Å². The quantitative estimate of drug-likeness (QED) is 0.800. The largest absolute Gasteiger partial charge is 0.486 e. The summed E-state index contributed by atoms with van der Waals surface area (Å²) in [6.45, 7) is 0.319. The lowest BCUT2D eigenvalue weighted by Crippen LogP contribution is -1.97. The highest BCUT2D eigenvalue weighted by molar-refractivity contribution is 6.30. The topological polar surface area (TPSA) is 63.7 Å². The third-order valence-corrected chi connectivity index (χ3v) is 2.91. The Morgan fingerprint density at radius 1 is 1.05 bits per heavy atom. The fourth-order valence-corrected chi connectivity index (χ4v) is 1.80. The van der Waals surface area contributed by atoms with Gasteiger partial charge < -0.3 is 4.74 Å². The van der Waals surface area contributed by atoms with Crippen molar-refractivity contribution in [2.75, 3.05) is 0 Å². The lowest BCUT2D eigenvalue weighted by molar-refractivity contribution is 0.296. The summed E-state index contributed by atoms with van der Waals surface area (Å²) in [5.41, 5.74) is 0.911. The summed E-state index contributed by atoms with van der Waals surface area (Å²) in [4.78, 5) is 8.33. The van der Waals surface area contributed by atoms with Crippen molar-refractivity contribution >= 4 is 11.6 Å². The zero-order chi connectivity index (χ0) is 13.8. The number of hydrogen-bond acceptors (Lipinski definition) is 4. The van der Waals surface area contributed by atoms with E-state index in [-0.39, 0.29) is 0 Å². The molecule has 0 saturated heterocycles. The monoisotopic (exact) mass is 286 g/mol. The molecule has 0 aliphatic rings. The first-order valence-corrected chi connectivity index (χ1v) is 6.39. The van der Waals surface area contributed by atoms with E-state index in [2.05, 4.69) is 20.2 Å². The number of nitrogens with zero attached hydrogens (tertiary/aromatic N) is 3. The zero-order valence-electron chi connectivity index (χ0n) is 10.5. The van der Waals surface area contributed by atoms with Crippen molar-refractivity contribution in [2.24, 2.45) is 0 Å². The van der Waals surface area contributed by atoms with Crippen LogP contribution in [0.4, 0.5) is 0 Å². The summed E-state index contributed by atoms with van der Waals surface area (Å²) in [6, 6.07) is 10.9. The van der Waals surface area contributed by atoms with Crippen molar-refractivity contribution in [2.45, 2.75) is 6.61 Å². The average Bonchev–Trinajstić information content (AvgIpc) is 2.97. The van der Waals surface area contributed by atoms with Crippen molar-refractivity contribution in [3.05, 3.63) is 59.6 Å². The number of hydrogen-bond donors (Lipinski definition) is 1. The van der Waals surface area contributed by atoms with Gasteiger partial charge in [-0.25, -0.2) is 4.98 Å². The van der Waals surface area contributed by atoms with Gasteiger partial charge in [-0.05, 0) is 36.4 Å². The molecule has 0 aliphatic carbocycles. The predicted octanol–water partition coefficient (Wildman–Crippen LogP) is 3.10. The standard InChI is InChI=1S/C14H11ClN4O/c15-11-1-3-12(4-2-11)20-9-13-17-14(19-18-13)10-5-7-16-8-6-10/h1-8H,9H2,(H,17,18,19). The molecular weight excluding hydrogens is 276 g/mol. The molecule has 2 aromatic heterocycles. The molecule has 100 valence electrons. The van der Waals surface area contributed by atoms with Gasteiger partial charge in [0.15, 0.2) is 11.6 Å².